The number of carbonyl (C=O) groups is 1. The number of nitrogens with one attached hydrogen (secondary N) is 2. The largest absolute Gasteiger partial charge is 0.378 e. The average Bonchev–Trinajstić information content (AvgIpc) is 2.48. The molecule has 2 rings (SSSR count). The van der Waals surface area contributed by atoms with Crippen molar-refractivity contribution in [2.24, 2.45) is 0 Å². The third-order valence-corrected chi connectivity index (χ3v) is 3.87. The van der Waals surface area contributed by atoms with Crippen LogP contribution in [0.25, 0.3) is 0 Å². The van der Waals surface area contributed by atoms with Gasteiger partial charge in [-0.3, -0.25) is 9.52 Å². The van der Waals surface area contributed by atoms with Crippen molar-refractivity contribution >= 4 is 27.3 Å². The number of carbonyl (C=O) groups excluding carboxylic acids is 1. The van der Waals surface area contributed by atoms with Gasteiger partial charge in [-0.1, -0.05) is 0 Å². The van der Waals surface area contributed by atoms with Gasteiger partial charge in [-0.05, 0) is 31.2 Å². The molecule has 0 saturated carbocycles. The Morgan fingerprint density at radius 3 is 2.27 bits per heavy atom. The number of morpholine rings is 1. The van der Waals surface area contributed by atoms with E-state index in [1.807, 2.05) is 0 Å². The van der Waals surface area contributed by atoms with E-state index in [4.69, 9.17) is 4.74 Å². The predicted molar refractivity (Wildman–Crippen MR) is 85.4 cm³/mol. The Labute approximate surface area is 130 Å². The third kappa shape index (κ3) is 4.88. The van der Waals surface area contributed by atoms with Crippen molar-refractivity contribution in [3.05, 3.63) is 24.3 Å². The number of hydrogen-bond donors (Lipinski definition) is 2. The minimum absolute atomic E-state index is 0.0293. The van der Waals surface area contributed by atoms with Crippen molar-refractivity contribution in [3.63, 3.8) is 0 Å². The zero-order valence-electron chi connectivity index (χ0n) is 12.7. The molecule has 1 aliphatic heterocycles. The maximum atomic E-state index is 12.3. The Bertz CT molecular complexity index is 609. The molecule has 1 atom stereocenters. The molecule has 22 heavy (non-hydrogen) atoms. The maximum absolute atomic E-state index is 12.3. The van der Waals surface area contributed by atoms with Crippen molar-refractivity contribution in [2.45, 2.75) is 13.0 Å². The second-order valence-corrected chi connectivity index (χ2v) is 7.00. The molecule has 1 heterocycles. The third-order valence-electron chi connectivity index (χ3n) is 3.26. The first kappa shape index (κ1) is 16.6. The van der Waals surface area contributed by atoms with E-state index >= 15 is 0 Å². The van der Waals surface area contributed by atoms with Crippen LogP contribution in [0.5, 0.6) is 0 Å². The first-order chi connectivity index (χ1) is 10.3. The van der Waals surface area contributed by atoms with Crippen molar-refractivity contribution in [1.29, 1.82) is 0 Å². The summed E-state index contributed by atoms with van der Waals surface area (Å²) >= 11 is 0. The molecule has 1 aromatic rings. The number of hydrogen-bond acceptors (Lipinski definition) is 5. The highest BCUT2D eigenvalue weighted by molar-refractivity contribution is 7.92. The molecular formula is C14H21N3O4S. The van der Waals surface area contributed by atoms with Crippen LogP contribution in [-0.4, -0.2) is 57.8 Å². The molecule has 0 spiro atoms. The van der Waals surface area contributed by atoms with Crippen molar-refractivity contribution in [3.8, 4) is 0 Å². The topological polar surface area (TPSA) is 87.7 Å². The van der Waals surface area contributed by atoms with Crippen molar-refractivity contribution in [2.75, 3.05) is 42.6 Å². The summed E-state index contributed by atoms with van der Waals surface area (Å²) in [5, 5.41) is 3.12. The Kier molecular flexibility index (Phi) is 5.25. The van der Waals surface area contributed by atoms with E-state index in [9.17, 15) is 13.2 Å². The van der Waals surface area contributed by atoms with Crippen LogP contribution in [0.4, 0.5) is 11.4 Å². The van der Waals surface area contributed by atoms with Crippen LogP contribution in [-0.2, 0) is 19.6 Å². The van der Waals surface area contributed by atoms with E-state index in [-0.39, 0.29) is 11.9 Å². The molecule has 122 valence electrons. The molecule has 0 aromatic heterocycles. The van der Waals surface area contributed by atoms with E-state index in [1.54, 1.807) is 36.1 Å². The van der Waals surface area contributed by atoms with Gasteiger partial charge in [0, 0.05) is 24.5 Å². The number of amides is 1. The van der Waals surface area contributed by atoms with Crippen LogP contribution < -0.4 is 10.0 Å². The van der Waals surface area contributed by atoms with Crippen LogP contribution >= 0.6 is 0 Å². The van der Waals surface area contributed by atoms with Crippen LogP contribution in [0.15, 0.2) is 24.3 Å². The lowest BCUT2D eigenvalue weighted by atomic mass is 10.2. The minimum Gasteiger partial charge on any atom is -0.378 e. The molecule has 0 radical (unpaired) electrons. The summed E-state index contributed by atoms with van der Waals surface area (Å²) in [5.74, 6) is 0.0293. The van der Waals surface area contributed by atoms with Gasteiger partial charge in [0.15, 0.2) is 0 Å². The lowest BCUT2D eigenvalue weighted by molar-refractivity contribution is -0.135. The van der Waals surface area contributed by atoms with Gasteiger partial charge < -0.3 is 15.0 Å². The van der Waals surface area contributed by atoms with Crippen LogP contribution in [0.3, 0.4) is 0 Å². The first-order valence-electron chi connectivity index (χ1n) is 7.06. The Balaban J connectivity index is 1.93. The zero-order valence-corrected chi connectivity index (χ0v) is 13.5. The van der Waals surface area contributed by atoms with Gasteiger partial charge in [0.1, 0.15) is 6.04 Å². The number of benzene rings is 1. The molecule has 0 bridgehead atoms. The van der Waals surface area contributed by atoms with Crippen LogP contribution in [0, 0.1) is 0 Å². The molecule has 1 aromatic carbocycles. The van der Waals surface area contributed by atoms with Gasteiger partial charge in [0.25, 0.3) is 0 Å². The summed E-state index contributed by atoms with van der Waals surface area (Å²) in [6.45, 7) is 4.18. The van der Waals surface area contributed by atoms with E-state index in [0.29, 0.717) is 32.0 Å². The fraction of sp³-hybridized carbons (Fsp3) is 0.500. The highest BCUT2D eigenvalue weighted by atomic mass is 32.2. The smallest absolute Gasteiger partial charge is 0.244 e. The van der Waals surface area contributed by atoms with E-state index in [1.165, 1.54) is 0 Å². The second-order valence-electron chi connectivity index (χ2n) is 5.26. The molecule has 7 nitrogen and oxygen atoms in total. The van der Waals surface area contributed by atoms with E-state index in [2.05, 4.69) is 10.0 Å². The standard InChI is InChI=1S/C14H21N3O4S/c1-11(14(18)17-7-9-21-10-8-17)15-12-3-5-13(6-4-12)16-22(2,19)20/h3-6,11,15-16H,7-10H2,1-2H3/t11-/m1/s1. The highest BCUT2D eigenvalue weighted by Gasteiger charge is 2.22. The average molecular weight is 327 g/mol. The molecular weight excluding hydrogens is 306 g/mol. The van der Waals surface area contributed by atoms with Gasteiger partial charge in [-0.25, -0.2) is 8.42 Å². The Morgan fingerprint density at radius 1 is 1.18 bits per heavy atom. The lowest BCUT2D eigenvalue weighted by Gasteiger charge is -2.29. The summed E-state index contributed by atoms with van der Waals surface area (Å²) in [6.07, 6.45) is 1.10. The number of anilines is 2. The van der Waals surface area contributed by atoms with Crippen molar-refractivity contribution in [1.82, 2.24) is 4.90 Å². The normalized spacial score (nSPS) is 16.9. The number of ether oxygens (including phenoxy) is 1. The van der Waals surface area contributed by atoms with E-state index < -0.39 is 10.0 Å². The molecule has 0 aliphatic carbocycles. The highest BCUT2D eigenvalue weighted by Crippen LogP contribution is 2.16. The SMILES string of the molecule is C[C@@H](Nc1ccc(NS(C)(=O)=O)cc1)C(=O)N1CCOCC1. The quantitative estimate of drug-likeness (QED) is 0.832. The zero-order chi connectivity index (χ0) is 16.2. The van der Waals surface area contributed by atoms with Gasteiger partial charge in [0.05, 0.1) is 19.5 Å². The Morgan fingerprint density at radius 2 is 1.73 bits per heavy atom. The van der Waals surface area contributed by atoms with Crippen LogP contribution in [0.1, 0.15) is 6.92 Å². The lowest BCUT2D eigenvalue weighted by Crippen LogP contribution is -2.46. The molecule has 0 unspecified atom stereocenters. The monoisotopic (exact) mass is 327 g/mol. The predicted octanol–water partition coefficient (Wildman–Crippen LogP) is 0.717. The Hall–Kier alpha value is -1.80. The second kappa shape index (κ2) is 6.97. The number of nitrogens with zero attached hydrogens (tertiary/aromatic N) is 1. The van der Waals surface area contributed by atoms with Gasteiger partial charge in [-0.15, -0.1) is 0 Å². The summed E-state index contributed by atoms with van der Waals surface area (Å²) in [4.78, 5) is 14.1. The van der Waals surface area contributed by atoms with Gasteiger partial charge >= 0.3 is 0 Å². The molecule has 8 heteroatoms. The molecule has 1 saturated heterocycles. The van der Waals surface area contributed by atoms with E-state index in [0.717, 1.165) is 11.9 Å². The molecule has 1 aliphatic rings. The fourth-order valence-electron chi connectivity index (χ4n) is 2.22. The number of sulfonamides is 1. The molecule has 1 amide bonds. The summed E-state index contributed by atoms with van der Waals surface area (Å²) in [5.41, 5.74) is 1.24. The summed E-state index contributed by atoms with van der Waals surface area (Å²) in [6, 6.07) is 6.41. The molecule has 2 N–H and O–H groups in total. The fourth-order valence-corrected chi connectivity index (χ4v) is 2.78. The maximum Gasteiger partial charge on any atom is 0.244 e. The molecule has 1 fully saturated rings. The van der Waals surface area contributed by atoms with Crippen LogP contribution in [0.2, 0.25) is 0 Å². The summed E-state index contributed by atoms with van der Waals surface area (Å²) < 4.78 is 29.9. The first-order valence-corrected chi connectivity index (χ1v) is 8.95. The number of rotatable bonds is 5. The van der Waals surface area contributed by atoms with Crippen molar-refractivity contribution < 1.29 is 17.9 Å². The minimum atomic E-state index is -3.28. The summed E-state index contributed by atoms with van der Waals surface area (Å²) in [7, 11) is -3.28. The van der Waals surface area contributed by atoms with Gasteiger partial charge in [-0.2, -0.15) is 0 Å². The van der Waals surface area contributed by atoms with Gasteiger partial charge in [0.2, 0.25) is 15.9 Å².